The largest absolute Gasteiger partial charge is 0.477 e. The summed E-state index contributed by atoms with van der Waals surface area (Å²) >= 11 is 5.95. The number of aromatic carboxylic acids is 1. The monoisotopic (exact) mass is 313 g/mol. The van der Waals surface area contributed by atoms with Crippen molar-refractivity contribution in [2.75, 3.05) is 0 Å². The molecule has 0 aliphatic rings. The standard InChI is InChI=1S/C18H16ClNO2/c1-3-11-4-9-15-14(10-11)16(17(18(21)22)20(15)2)12-5-7-13(19)8-6-12/h4-10H,3H2,1-2H3,(H,21,22). The van der Waals surface area contributed by atoms with Gasteiger partial charge in [-0.2, -0.15) is 0 Å². The van der Waals surface area contributed by atoms with E-state index in [2.05, 4.69) is 13.0 Å². The molecule has 0 aliphatic carbocycles. The van der Waals surface area contributed by atoms with Gasteiger partial charge in [0.25, 0.3) is 0 Å². The van der Waals surface area contributed by atoms with Gasteiger partial charge in [-0.15, -0.1) is 0 Å². The zero-order valence-electron chi connectivity index (χ0n) is 12.4. The molecule has 0 aliphatic heterocycles. The minimum atomic E-state index is -0.929. The summed E-state index contributed by atoms with van der Waals surface area (Å²) in [4.78, 5) is 11.8. The Morgan fingerprint density at radius 2 is 1.86 bits per heavy atom. The molecule has 112 valence electrons. The number of carboxylic acids is 1. The fourth-order valence-corrected chi connectivity index (χ4v) is 3.00. The molecule has 1 aromatic heterocycles. The first-order valence-electron chi connectivity index (χ1n) is 7.13. The van der Waals surface area contributed by atoms with Crippen molar-refractivity contribution in [1.82, 2.24) is 4.57 Å². The summed E-state index contributed by atoms with van der Waals surface area (Å²) in [5.41, 5.74) is 4.01. The predicted molar refractivity (Wildman–Crippen MR) is 89.7 cm³/mol. The van der Waals surface area contributed by atoms with Crippen molar-refractivity contribution < 1.29 is 9.90 Å². The highest BCUT2D eigenvalue weighted by molar-refractivity contribution is 6.30. The van der Waals surface area contributed by atoms with E-state index in [1.165, 1.54) is 5.56 Å². The Bertz CT molecular complexity index is 863. The van der Waals surface area contributed by atoms with Gasteiger partial charge in [-0.1, -0.05) is 36.7 Å². The van der Waals surface area contributed by atoms with Gasteiger partial charge in [0, 0.05) is 28.5 Å². The third-order valence-electron chi connectivity index (χ3n) is 4.01. The molecule has 0 unspecified atom stereocenters. The Hall–Kier alpha value is -2.26. The van der Waals surface area contributed by atoms with Crippen LogP contribution in [0.4, 0.5) is 0 Å². The average Bonchev–Trinajstić information content (AvgIpc) is 2.80. The quantitative estimate of drug-likeness (QED) is 0.757. The Morgan fingerprint density at radius 1 is 1.18 bits per heavy atom. The molecule has 1 heterocycles. The molecule has 0 radical (unpaired) electrons. The second kappa shape index (κ2) is 5.50. The highest BCUT2D eigenvalue weighted by Gasteiger charge is 2.21. The highest BCUT2D eigenvalue weighted by Crippen LogP contribution is 2.35. The molecule has 0 saturated heterocycles. The normalized spacial score (nSPS) is 11.0. The van der Waals surface area contributed by atoms with Crippen molar-refractivity contribution in [3.8, 4) is 11.1 Å². The fourth-order valence-electron chi connectivity index (χ4n) is 2.87. The Labute approximate surface area is 133 Å². The van der Waals surface area contributed by atoms with E-state index >= 15 is 0 Å². The topological polar surface area (TPSA) is 42.2 Å². The van der Waals surface area contributed by atoms with Gasteiger partial charge >= 0.3 is 5.97 Å². The van der Waals surface area contributed by atoms with Crippen LogP contribution in [0.15, 0.2) is 42.5 Å². The van der Waals surface area contributed by atoms with Gasteiger partial charge in [0.2, 0.25) is 0 Å². The van der Waals surface area contributed by atoms with Crippen LogP contribution in [0.1, 0.15) is 23.0 Å². The summed E-state index contributed by atoms with van der Waals surface area (Å²) in [5.74, 6) is -0.929. The predicted octanol–water partition coefficient (Wildman–Crippen LogP) is 4.76. The third kappa shape index (κ3) is 2.28. The second-order valence-corrected chi connectivity index (χ2v) is 5.74. The molecule has 3 rings (SSSR count). The van der Waals surface area contributed by atoms with Crippen LogP contribution in [-0.4, -0.2) is 15.6 Å². The molecule has 0 bridgehead atoms. The van der Waals surface area contributed by atoms with Crippen LogP contribution >= 0.6 is 11.6 Å². The summed E-state index contributed by atoms with van der Waals surface area (Å²) in [5, 5.41) is 11.2. The number of nitrogens with zero attached hydrogens (tertiary/aromatic N) is 1. The molecule has 0 atom stereocenters. The van der Waals surface area contributed by atoms with Crippen molar-refractivity contribution in [1.29, 1.82) is 0 Å². The molecule has 0 amide bonds. The first kappa shape index (κ1) is 14.7. The lowest BCUT2D eigenvalue weighted by Crippen LogP contribution is -2.05. The Morgan fingerprint density at radius 3 is 2.45 bits per heavy atom. The number of carbonyl (C=O) groups is 1. The lowest BCUT2D eigenvalue weighted by atomic mass is 10.00. The summed E-state index contributed by atoms with van der Waals surface area (Å²) in [6.07, 6.45) is 0.910. The van der Waals surface area contributed by atoms with Crippen LogP contribution in [0, 0.1) is 0 Å². The molecule has 0 fully saturated rings. The van der Waals surface area contributed by atoms with E-state index in [1.54, 1.807) is 23.7 Å². The lowest BCUT2D eigenvalue weighted by Gasteiger charge is -2.04. The maximum atomic E-state index is 11.8. The number of benzene rings is 2. The molecule has 3 aromatic rings. The molecule has 4 heteroatoms. The summed E-state index contributed by atoms with van der Waals surface area (Å²) < 4.78 is 1.74. The Kier molecular flexibility index (Phi) is 3.67. The van der Waals surface area contributed by atoms with Gasteiger partial charge < -0.3 is 9.67 Å². The van der Waals surface area contributed by atoms with E-state index < -0.39 is 5.97 Å². The first-order valence-corrected chi connectivity index (χ1v) is 7.51. The number of halogens is 1. The maximum absolute atomic E-state index is 11.8. The minimum absolute atomic E-state index is 0.297. The number of aromatic nitrogens is 1. The Balaban J connectivity index is 2.41. The molecule has 0 saturated carbocycles. The molecule has 0 spiro atoms. The number of aryl methyl sites for hydroxylation is 2. The number of fused-ring (bicyclic) bond motifs is 1. The van der Waals surface area contributed by atoms with Gasteiger partial charge in [-0.05, 0) is 41.8 Å². The van der Waals surface area contributed by atoms with Crippen molar-refractivity contribution in [3.63, 3.8) is 0 Å². The molecule has 22 heavy (non-hydrogen) atoms. The number of hydrogen-bond acceptors (Lipinski definition) is 1. The first-order chi connectivity index (χ1) is 10.5. The lowest BCUT2D eigenvalue weighted by molar-refractivity contribution is 0.0688. The molecule has 1 N–H and O–H groups in total. The van der Waals surface area contributed by atoms with Crippen molar-refractivity contribution >= 4 is 28.5 Å². The van der Waals surface area contributed by atoms with Crippen LogP contribution in [-0.2, 0) is 13.5 Å². The van der Waals surface area contributed by atoms with Gasteiger partial charge in [-0.3, -0.25) is 0 Å². The fraction of sp³-hybridized carbons (Fsp3) is 0.167. The summed E-state index contributed by atoms with van der Waals surface area (Å²) in [6, 6.07) is 13.4. The van der Waals surface area contributed by atoms with Crippen LogP contribution in [0.3, 0.4) is 0 Å². The summed E-state index contributed by atoms with van der Waals surface area (Å²) in [6.45, 7) is 2.09. The van der Waals surface area contributed by atoms with E-state index in [-0.39, 0.29) is 0 Å². The van der Waals surface area contributed by atoms with Gasteiger partial charge in [0.1, 0.15) is 5.69 Å². The number of rotatable bonds is 3. The van der Waals surface area contributed by atoms with Crippen LogP contribution < -0.4 is 0 Å². The molecular weight excluding hydrogens is 298 g/mol. The summed E-state index contributed by atoms with van der Waals surface area (Å²) in [7, 11) is 1.79. The van der Waals surface area contributed by atoms with E-state index in [4.69, 9.17) is 11.6 Å². The van der Waals surface area contributed by atoms with Gasteiger partial charge in [0.05, 0.1) is 0 Å². The van der Waals surface area contributed by atoms with E-state index in [0.717, 1.165) is 28.5 Å². The average molecular weight is 314 g/mol. The smallest absolute Gasteiger partial charge is 0.353 e. The number of carboxylic acid groups (broad SMARTS) is 1. The van der Waals surface area contributed by atoms with E-state index in [0.29, 0.717) is 10.7 Å². The molecular formula is C18H16ClNO2. The molecule has 3 nitrogen and oxygen atoms in total. The van der Waals surface area contributed by atoms with Crippen molar-refractivity contribution in [2.24, 2.45) is 7.05 Å². The van der Waals surface area contributed by atoms with E-state index in [9.17, 15) is 9.90 Å². The van der Waals surface area contributed by atoms with Crippen molar-refractivity contribution in [3.05, 3.63) is 58.7 Å². The van der Waals surface area contributed by atoms with Crippen molar-refractivity contribution in [2.45, 2.75) is 13.3 Å². The zero-order chi connectivity index (χ0) is 15.9. The second-order valence-electron chi connectivity index (χ2n) is 5.30. The van der Waals surface area contributed by atoms with Crippen LogP contribution in [0.2, 0.25) is 5.02 Å². The van der Waals surface area contributed by atoms with E-state index in [1.807, 2.05) is 24.3 Å². The minimum Gasteiger partial charge on any atom is -0.477 e. The van der Waals surface area contributed by atoms with Gasteiger partial charge in [-0.25, -0.2) is 4.79 Å². The highest BCUT2D eigenvalue weighted by atomic mass is 35.5. The van der Waals surface area contributed by atoms with Gasteiger partial charge in [0.15, 0.2) is 0 Å². The number of hydrogen-bond donors (Lipinski definition) is 1. The SMILES string of the molecule is CCc1ccc2c(c1)c(-c1ccc(Cl)cc1)c(C(=O)O)n2C. The molecule has 2 aromatic carbocycles. The maximum Gasteiger partial charge on any atom is 0.353 e. The van der Waals surface area contributed by atoms with Crippen LogP contribution in [0.25, 0.3) is 22.0 Å². The van der Waals surface area contributed by atoms with Crippen LogP contribution in [0.5, 0.6) is 0 Å². The zero-order valence-corrected chi connectivity index (χ0v) is 13.2. The third-order valence-corrected chi connectivity index (χ3v) is 4.26.